The van der Waals surface area contributed by atoms with E-state index in [4.69, 9.17) is 0 Å². The number of aliphatic hydroxyl groups is 1. The third-order valence-corrected chi connectivity index (χ3v) is 4.68. The Bertz CT molecular complexity index is 948. The maximum atomic E-state index is 13.1. The fourth-order valence-corrected chi connectivity index (χ4v) is 3.44. The lowest BCUT2D eigenvalue weighted by atomic mass is 10.0. The second-order valence-electron chi connectivity index (χ2n) is 6.27. The van der Waals surface area contributed by atoms with Crippen LogP contribution in [-0.2, 0) is 0 Å². The van der Waals surface area contributed by atoms with Crippen molar-refractivity contribution in [1.29, 1.82) is 0 Å². The number of hydrogen-bond acceptors (Lipinski definition) is 2. The van der Waals surface area contributed by atoms with Crippen molar-refractivity contribution in [3.05, 3.63) is 107 Å². The van der Waals surface area contributed by atoms with Crippen molar-refractivity contribution in [3.8, 4) is 0 Å². The number of aliphatic hydroxyl groups excluding tert-OH is 1. The summed E-state index contributed by atoms with van der Waals surface area (Å²) in [5.41, 5.74) is 4.32. The zero-order valence-corrected chi connectivity index (χ0v) is 14.2. The Morgan fingerprint density at radius 2 is 1.38 bits per heavy atom. The van der Waals surface area contributed by atoms with Crippen molar-refractivity contribution in [3.63, 3.8) is 0 Å². The van der Waals surface area contributed by atoms with E-state index in [-0.39, 0.29) is 12.5 Å². The van der Waals surface area contributed by atoms with E-state index in [2.05, 4.69) is 0 Å². The van der Waals surface area contributed by atoms with Crippen LogP contribution in [0.5, 0.6) is 0 Å². The smallest absolute Gasteiger partial charge is 0.259 e. The zero-order valence-electron chi connectivity index (χ0n) is 14.2. The van der Waals surface area contributed by atoms with Gasteiger partial charge in [-0.15, -0.1) is 0 Å². The van der Waals surface area contributed by atoms with Crippen molar-refractivity contribution in [2.45, 2.75) is 6.04 Å². The number of amides is 1. The van der Waals surface area contributed by atoms with E-state index in [1.807, 2.05) is 91.0 Å². The first-order valence-electron chi connectivity index (χ1n) is 8.65. The van der Waals surface area contributed by atoms with E-state index in [0.29, 0.717) is 5.56 Å². The van der Waals surface area contributed by atoms with Crippen molar-refractivity contribution in [1.82, 2.24) is 4.90 Å². The molecule has 26 heavy (non-hydrogen) atoms. The van der Waals surface area contributed by atoms with Gasteiger partial charge in [0.1, 0.15) is 0 Å². The van der Waals surface area contributed by atoms with Gasteiger partial charge in [0.05, 0.1) is 18.3 Å². The molecule has 0 aromatic heterocycles. The highest BCUT2D eigenvalue weighted by Gasteiger charge is 2.37. The topological polar surface area (TPSA) is 40.5 Å². The number of nitrogens with zero attached hydrogens (tertiary/aromatic N) is 1. The minimum Gasteiger partial charge on any atom is -0.394 e. The third-order valence-electron chi connectivity index (χ3n) is 4.68. The number of benzene rings is 3. The molecule has 0 fully saturated rings. The first-order valence-corrected chi connectivity index (χ1v) is 8.65. The molecule has 0 bridgehead atoms. The molecule has 0 saturated carbocycles. The summed E-state index contributed by atoms with van der Waals surface area (Å²) in [4.78, 5) is 14.9. The molecule has 1 amide bonds. The van der Waals surface area contributed by atoms with Crippen molar-refractivity contribution < 1.29 is 9.90 Å². The van der Waals surface area contributed by atoms with E-state index in [1.165, 1.54) is 0 Å². The molecule has 128 valence electrons. The largest absolute Gasteiger partial charge is 0.394 e. The fourth-order valence-electron chi connectivity index (χ4n) is 3.44. The predicted molar refractivity (Wildman–Crippen MR) is 103 cm³/mol. The number of hydrogen-bond donors (Lipinski definition) is 1. The van der Waals surface area contributed by atoms with E-state index in [0.717, 1.165) is 22.4 Å². The summed E-state index contributed by atoms with van der Waals surface area (Å²) in [5, 5.41) is 10.1. The van der Waals surface area contributed by atoms with E-state index < -0.39 is 6.04 Å². The highest BCUT2D eigenvalue weighted by molar-refractivity contribution is 6.12. The lowest BCUT2D eigenvalue weighted by molar-refractivity contribution is 0.0748. The molecule has 4 rings (SSSR count). The number of fused-ring (bicyclic) bond motifs is 1. The number of carbonyl (C=O) groups excluding carboxylic acids is 1. The molecule has 3 aromatic carbocycles. The van der Waals surface area contributed by atoms with Crippen LogP contribution in [0.3, 0.4) is 0 Å². The molecular weight excluding hydrogens is 322 g/mol. The molecule has 1 aliphatic heterocycles. The van der Waals surface area contributed by atoms with Gasteiger partial charge in [-0.05, 0) is 23.3 Å². The summed E-state index contributed by atoms with van der Waals surface area (Å²) in [6.45, 7) is -0.143. The molecule has 1 unspecified atom stereocenters. The average Bonchev–Trinajstić information content (AvgIpc) is 2.97. The van der Waals surface area contributed by atoms with Crippen LogP contribution in [0, 0.1) is 0 Å². The maximum absolute atomic E-state index is 13.1. The van der Waals surface area contributed by atoms with Gasteiger partial charge in [0.2, 0.25) is 0 Å². The summed E-state index contributed by atoms with van der Waals surface area (Å²) in [6, 6.07) is 26.8. The van der Waals surface area contributed by atoms with E-state index >= 15 is 0 Å². The van der Waals surface area contributed by atoms with Gasteiger partial charge in [-0.25, -0.2) is 0 Å². The lowest BCUT2D eigenvalue weighted by Crippen LogP contribution is -2.30. The van der Waals surface area contributed by atoms with Gasteiger partial charge < -0.3 is 5.11 Å². The van der Waals surface area contributed by atoms with Gasteiger partial charge in [-0.3, -0.25) is 9.69 Å². The molecule has 1 aliphatic rings. The van der Waals surface area contributed by atoms with Gasteiger partial charge in [0.25, 0.3) is 5.91 Å². The molecular formula is C23H19NO2. The molecule has 1 atom stereocenters. The second kappa shape index (κ2) is 6.98. The maximum Gasteiger partial charge on any atom is 0.259 e. The minimum absolute atomic E-state index is 0.0781. The van der Waals surface area contributed by atoms with Crippen LogP contribution in [0.15, 0.2) is 84.9 Å². The summed E-state index contributed by atoms with van der Waals surface area (Å²) >= 11 is 0. The highest BCUT2D eigenvalue weighted by atomic mass is 16.3. The fraction of sp³-hybridized carbons (Fsp3) is 0.0870. The molecule has 0 spiro atoms. The third kappa shape index (κ3) is 2.83. The molecule has 0 radical (unpaired) electrons. The Hall–Kier alpha value is -3.17. The quantitative estimate of drug-likeness (QED) is 0.765. The Balaban J connectivity index is 1.87. The van der Waals surface area contributed by atoms with Crippen LogP contribution in [0.25, 0.3) is 11.8 Å². The zero-order chi connectivity index (χ0) is 17.9. The van der Waals surface area contributed by atoms with Crippen LogP contribution in [0.1, 0.15) is 33.1 Å². The lowest BCUT2D eigenvalue weighted by Gasteiger charge is -2.28. The normalized spacial score (nSPS) is 16.0. The SMILES string of the molecule is O=C1c2ccccc2/C(=C\c2ccccc2)N1C(CO)c1ccccc1. The molecule has 3 aromatic rings. The first kappa shape index (κ1) is 16.3. The molecule has 0 aliphatic carbocycles. The summed E-state index contributed by atoms with van der Waals surface area (Å²) in [6.07, 6.45) is 2.01. The van der Waals surface area contributed by atoms with Crippen LogP contribution >= 0.6 is 0 Å². The standard InChI is InChI=1S/C23H19NO2/c25-16-22(18-11-5-2-6-12-18)24-21(15-17-9-3-1-4-10-17)19-13-7-8-14-20(19)23(24)26/h1-15,22,25H,16H2/b21-15+. The van der Waals surface area contributed by atoms with Crippen molar-refractivity contribution >= 4 is 17.7 Å². The predicted octanol–water partition coefficient (Wildman–Crippen LogP) is 4.37. The van der Waals surface area contributed by atoms with Crippen LogP contribution in [0.2, 0.25) is 0 Å². The minimum atomic E-state index is -0.425. The monoisotopic (exact) mass is 341 g/mol. The average molecular weight is 341 g/mol. The molecule has 0 saturated heterocycles. The van der Waals surface area contributed by atoms with Crippen LogP contribution < -0.4 is 0 Å². The van der Waals surface area contributed by atoms with Gasteiger partial charge in [0.15, 0.2) is 0 Å². The number of carbonyl (C=O) groups is 1. The summed E-state index contributed by atoms with van der Waals surface area (Å²) < 4.78 is 0. The number of rotatable bonds is 4. The first-order chi connectivity index (χ1) is 12.8. The van der Waals surface area contributed by atoms with E-state index in [9.17, 15) is 9.90 Å². The van der Waals surface area contributed by atoms with E-state index in [1.54, 1.807) is 4.90 Å². The molecule has 1 heterocycles. The summed E-state index contributed by atoms with van der Waals surface area (Å²) in [5.74, 6) is -0.0781. The van der Waals surface area contributed by atoms with Gasteiger partial charge >= 0.3 is 0 Å². The Kier molecular flexibility index (Phi) is 4.38. The molecule has 1 N–H and O–H groups in total. The molecule has 3 heteroatoms. The van der Waals surface area contributed by atoms with Crippen LogP contribution in [0.4, 0.5) is 0 Å². The summed E-state index contributed by atoms with van der Waals surface area (Å²) in [7, 11) is 0. The molecule has 3 nitrogen and oxygen atoms in total. The Morgan fingerprint density at radius 1 is 0.808 bits per heavy atom. The highest BCUT2D eigenvalue weighted by Crippen LogP contribution is 2.40. The van der Waals surface area contributed by atoms with Gasteiger partial charge in [-0.2, -0.15) is 0 Å². The van der Waals surface area contributed by atoms with Gasteiger partial charge in [0, 0.05) is 11.1 Å². The Labute approximate surface area is 152 Å². The Morgan fingerprint density at radius 3 is 2.04 bits per heavy atom. The van der Waals surface area contributed by atoms with Crippen molar-refractivity contribution in [2.75, 3.05) is 6.61 Å². The second-order valence-corrected chi connectivity index (χ2v) is 6.27. The van der Waals surface area contributed by atoms with Crippen molar-refractivity contribution in [2.24, 2.45) is 0 Å². The van der Waals surface area contributed by atoms with Gasteiger partial charge in [-0.1, -0.05) is 78.9 Å². The van der Waals surface area contributed by atoms with Crippen LogP contribution in [-0.4, -0.2) is 22.5 Å².